The van der Waals surface area contributed by atoms with Crippen LogP contribution in [0, 0.1) is 32.1 Å². The second kappa shape index (κ2) is 7.54. The largest absolute Gasteiger partial charge is 0.496 e. The summed E-state index contributed by atoms with van der Waals surface area (Å²) in [5.41, 5.74) is 11.8. The molecule has 4 rings (SSSR count). The van der Waals surface area contributed by atoms with Crippen molar-refractivity contribution in [1.29, 1.82) is 5.26 Å². The fraction of sp³-hybridized carbons (Fsp3) is 0.286. The average molecular weight is 469 g/mol. The topological polar surface area (TPSA) is 115 Å². The molecule has 0 fully saturated rings. The zero-order valence-corrected chi connectivity index (χ0v) is 18.7. The van der Waals surface area contributed by atoms with Gasteiger partial charge in [0.05, 0.1) is 35.4 Å². The summed E-state index contributed by atoms with van der Waals surface area (Å²) in [6, 6.07) is 8.08. The van der Waals surface area contributed by atoms with Gasteiger partial charge in [-0.25, -0.2) is 0 Å². The molecule has 0 radical (unpaired) electrons. The number of aromatic nitrogens is 4. The van der Waals surface area contributed by atoms with E-state index >= 15 is 0 Å². The summed E-state index contributed by atoms with van der Waals surface area (Å²) in [5, 5.41) is 21.5. The Labute approximate surface area is 182 Å². The fourth-order valence-corrected chi connectivity index (χ4v) is 4.11. The van der Waals surface area contributed by atoms with Crippen LogP contribution in [0.15, 0.2) is 34.1 Å². The molecule has 1 aliphatic heterocycles. The molecule has 1 aromatic carbocycles. The lowest BCUT2D eigenvalue weighted by Gasteiger charge is -2.24. The van der Waals surface area contributed by atoms with Crippen LogP contribution in [-0.2, 0) is 6.54 Å². The number of allylic oxidation sites excluding steroid dienone is 1. The van der Waals surface area contributed by atoms with Gasteiger partial charge in [0, 0.05) is 16.8 Å². The van der Waals surface area contributed by atoms with Crippen LogP contribution in [0.3, 0.4) is 0 Å². The van der Waals surface area contributed by atoms with Crippen molar-refractivity contribution in [3.05, 3.63) is 67.9 Å². The highest BCUT2D eigenvalue weighted by Gasteiger charge is 2.34. The third-order valence-electron chi connectivity index (χ3n) is 5.38. The van der Waals surface area contributed by atoms with Crippen molar-refractivity contribution >= 4 is 15.9 Å². The van der Waals surface area contributed by atoms with Gasteiger partial charge >= 0.3 is 0 Å². The molecule has 3 aromatic rings. The molecule has 8 nitrogen and oxygen atoms in total. The molecule has 3 N–H and O–H groups in total. The smallest absolute Gasteiger partial charge is 0.244 e. The second-order valence-corrected chi connectivity index (χ2v) is 8.00. The van der Waals surface area contributed by atoms with E-state index in [4.69, 9.17) is 15.2 Å². The molecular weight excluding hydrogens is 448 g/mol. The van der Waals surface area contributed by atoms with Gasteiger partial charge in [0.15, 0.2) is 0 Å². The zero-order chi connectivity index (χ0) is 21.6. The number of methoxy groups -OCH3 is 1. The molecule has 1 atom stereocenters. The van der Waals surface area contributed by atoms with Crippen LogP contribution < -0.4 is 15.2 Å². The monoisotopic (exact) mass is 468 g/mol. The number of hydrogen-bond acceptors (Lipinski definition) is 6. The minimum Gasteiger partial charge on any atom is -0.496 e. The number of hydrogen-bond donors (Lipinski definition) is 2. The van der Waals surface area contributed by atoms with Gasteiger partial charge in [0.25, 0.3) is 0 Å². The van der Waals surface area contributed by atoms with E-state index in [1.54, 1.807) is 7.11 Å². The van der Waals surface area contributed by atoms with E-state index in [0.717, 1.165) is 44.0 Å². The molecule has 0 bridgehead atoms. The third-order valence-corrected chi connectivity index (χ3v) is 6.53. The van der Waals surface area contributed by atoms with E-state index in [1.807, 2.05) is 43.7 Å². The first kappa shape index (κ1) is 20.0. The number of nitrogens with one attached hydrogen (secondary N) is 1. The molecule has 1 unspecified atom stereocenters. The zero-order valence-electron chi connectivity index (χ0n) is 17.1. The maximum Gasteiger partial charge on any atom is 0.244 e. The number of rotatable bonds is 4. The summed E-state index contributed by atoms with van der Waals surface area (Å²) in [5.74, 6) is 0.832. The van der Waals surface area contributed by atoms with E-state index in [2.05, 4.69) is 37.3 Å². The third kappa shape index (κ3) is 3.13. The van der Waals surface area contributed by atoms with E-state index < -0.39 is 0 Å². The van der Waals surface area contributed by atoms with Crippen LogP contribution in [-0.4, -0.2) is 27.1 Å². The fourth-order valence-electron chi connectivity index (χ4n) is 3.82. The molecule has 0 spiro atoms. The van der Waals surface area contributed by atoms with Gasteiger partial charge in [0.1, 0.15) is 17.4 Å². The Hall–Kier alpha value is -3.25. The van der Waals surface area contributed by atoms with Crippen LogP contribution >= 0.6 is 15.9 Å². The number of aryl methyl sites for hydroxylation is 2. The van der Waals surface area contributed by atoms with Crippen molar-refractivity contribution in [3.8, 4) is 17.7 Å². The van der Waals surface area contributed by atoms with Gasteiger partial charge in [-0.1, -0.05) is 6.07 Å². The Balaban J connectivity index is 1.84. The Morgan fingerprint density at radius 1 is 1.37 bits per heavy atom. The van der Waals surface area contributed by atoms with Crippen molar-refractivity contribution in [2.75, 3.05) is 7.11 Å². The van der Waals surface area contributed by atoms with E-state index in [0.29, 0.717) is 18.0 Å². The predicted molar refractivity (Wildman–Crippen MR) is 114 cm³/mol. The molecule has 0 aliphatic carbocycles. The van der Waals surface area contributed by atoms with Gasteiger partial charge in [-0.2, -0.15) is 10.4 Å². The standard InChI is InChI=1S/C21H21BrN6O2/c1-10-17-18(15(8-23)20(24)30-21(17)26-25-10)13-5-6-16(29-4)14(7-13)9-28-12(3)19(22)11(2)27-28/h5-7,18H,9,24H2,1-4H3,(H,25,26). The first-order valence-electron chi connectivity index (χ1n) is 9.34. The van der Waals surface area contributed by atoms with E-state index in [9.17, 15) is 5.26 Å². The van der Waals surface area contributed by atoms with Gasteiger partial charge in [-0.05, 0) is 54.4 Å². The Morgan fingerprint density at radius 3 is 2.77 bits per heavy atom. The summed E-state index contributed by atoms with van der Waals surface area (Å²) in [4.78, 5) is 0. The maximum absolute atomic E-state index is 9.78. The van der Waals surface area contributed by atoms with Crippen LogP contribution in [0.2, 0.25) is 0 Å². The van der Waals surface area contributed by atoms with Crippen molar-refractivity contribution in [3.63, 3.8) is 0 Å². The summed E-state index contributed by atoms with van der Waals surface area (Å²) < 4.78 is 14.1. The number of aromatic amines is 1. The quantitative estimate of drug-likeness (QED) is 0.604. The number of nitrogens with two attached hydrogens (primary N) is 1. The van der Waals surface area contributed by atoms with Gasteiger partial charge in [-0.3, -0.25) is 9.78 Å². The normalized spacial score (nSPS) is 15.5. The molecule has 30 heavy (non-hydrogen) atoms. The molecule has 3 heterocycles. The maximum atomic E-state index is 9.78. The lowest BCUT2D eigenvalue weighted by atomic mass is 9.83. The highest BCUT2D eigenvalue weighted by molar-refractivity contribution is 9.10. The van der Waals surface area contributed by atoms with Gasteiger partial charge in [-0.15, -0.1) is 5.10 Å². The molecule has 9 heteroatoms. The van der Waals surface area contributed by atoms with Crippen molar-refractivity contribution < 1.29 is 9.47 Å². The highest BCUT2D eigenvalue weighted by atomic mass is 79.9. The number of benzene rings is 1. The number of ether oxygens (including phenoxy) is 2. The Morgan fingerprint density at radius 2 is 2.13 bits per heavy atom. The van der Waals surface area contributed by atoms with Crippen molar-refractivity contribution in [1.82, 2.24) is 20.0 Å². The van der Waals surface area contributed by atoms with E-state index in [-0.39, 0.29) is 11.8 Å². The minimum atomic E-state index is -0.380. The first-order valence-corrected chi connectivity index (χ1v) is 10.1. The van der Waals surface area contributed by atoms with E-state index in [1.165, 1.54) is 0 Å². The van der Waals surface area contributed by atoms with Gasteiger partial charge < -0.3 is 15.2 Å². The Bertz CT molecular complexity index is 1220. The summed E-state index contributed by atoms with van der Waals surface area (Å²) >= 11 is 3.58. The molecule has 0 saturated carbocycles. The summed E-state index contributed by atoms with van der Waals surface area (Å²) in [6.07, 6.45) is 0. The molecule has 0 saturated heterocycles. The molecule has 0 amide bonds. The summed E-state index contributed by atoms with van der Waals surface area (Å²) in [6.45, 7) is 6.39. The Kier molecular flexibility index (Phi) is 5.03. The first-order chi connectivity index (χ1) is 14.3. The van der Waals surface area contributed by atoms with Crippen LogP contribution in [0.4, 0.5) is 0 Å². The molecule has 2 aromatic heterocycles. The van der Waals surface area contributed by atoms with Crippen LogP contribution in [0.25, 0.3) is 0 Å². The SMILES string of the molecule is COc1ccc(C2C(C#N)=C(N)Oc3n[nH]c(C)c32)cc1Cn1nc(C)c(Br)c1C. The van der Waals surface area contributed by atoms with Crippen LogP contribution in [0.5, 0.6) is 11.6 Å². The molecular formula is C21H21BrN6O2. The van der Waals surface area contributed by atoms with Crippen molar-refractivity contribution in [2.24, 2.45) is 5.73 Å². The predicted octanol–water partition coefficient (Wildman–Crippen LogP) is 3.57. The van der Waals surface area contributed by atoms with Crippen molar-refractivity contribution in [2.45, 2.75) is 33.2 Å². The lowest BCUT2D eigenvalue weighted by molar-refractivity contribution is 0.378. The number of nitrogens with zero attached hydrogens (tertiary/aromatic N) is 4. The minimum absolute atomic E-state index is 0.0707. The lowest BCUT2D eigenvalue weighted by Crippen LogP contribution is -2.21. The average Bonchev–Trinajstić information content (AvgIpc) is 3.21. The van der Waals surface area contributed by atoms with Crippen LogP contribution in [0.1, 0.15) is 39.7 Å². The molecule has 1 aliphatic rings. The van der Waals surface area contributed by atoms with Gasteiger partial charge in [0.2, 0.25) is 11.8 Å². The number of H-pyrrole nitrogens is 1. The number of nitriles is 1. The second-order valence-electron chi connectivity index (χ2n) is 7.21. The number of fused-ring (bicyclic) bond motifs is 1. The molecule has 154 valence electrons. The highest BCUT2D eigenvalue weighted by Crippen LogP contribution is 2.43. The summed E-state index contributed by atoms with van der Waals surface area (Å²) in [7, 11) is 1.64. The number of halogens is 1.